The Bertz CT molecular complexity index is 788. The van der Waals surface area contributed by atoms with E-state index in [1.54, 1.807) is 0 Å². The number of fused-ring (bicyclic) bond motifs is 1. The van der Waals surface area contributed by atoms with E-state index in [0.29, 0.717) is 12.5 Å². The molecule has 0 unspecified atom stereocenters. The fourth-order valence-electron chi connectivity index (χ4n) is 2.30. The molecular weight excluding hydrogens is 292 g/mol. The third-order valence-electron chi connectivity index (χ3n) is 3.28. The number of rotatable bonds is 5. The van der Waals surface area contributed by atoms with Gasteiger partial charge in [-0.05, 0) is 32.0 Å². The Balaban J connectivity index is 1.53. The summed E-state index contributed by atoms with van der Waals surface area (Å²) in [6.07, 6.45) is 0. The number of amides is 1. The first-order valence-corrected chi connectivity index (χ1v) is 7.36. The Morgan fingerprint density at radius 3 is 2.61 bits per heavy atom. The number of imidazole rings is 1. The molecule has 0 spiro atoms. The average molecular weight is 310 g/mol. The zero-order chi connectivity index (χ0) is 16.2. The van der Waals surface area contributed by atoms with Gasteiger partial charge in [-0.1, -0.05) is 12.1 Å². The highest BCUT2D eigenvalue weighted by atomic mass is 16.1. The smallest absolute Gasteiger partial charge is 0.239 e. The number of aryl methyl sites for hydroxylation is 2. The van der Waals surface area contributed by atoms with Crippen LogP contribution in [0.15, 0.2) is 30.3 Å². The predicted octanol–water partition coefficient (Wildman–Crippen LogP) is 1.70. The number of aromatic nitrogens is 4. The highest BCUT2D eigenvalue weighted by Gasteiger charge is 2.06. The summed E-state index contributed by atoms with van der Waals surface area (Å²) >= 11 is 0. The Morgan fingerprint density at radius 2 is 1.87 bits per heavy atom. The highest BCUT2D eigenvalue weighted by molar-refractivity contribution is 5.80. The lowest BCUT2D eigenvalue weighted by Crippen LogP contribution is -2.30. The van der Waals surface area contributed by atoms with Crippen LogP contribution in [0.5, 0.6) is 0 Å². The van der Waals surface area contributed by atoms with Crippen LogP contribution in [0.1, 0.15) is 17.2 Å². The van der Waals surface area contributed by atoms with Crippen LogP contribution < -0.4 is 10.6 Å². The largest absolute Gasteiger partial charge is 0.347 e. The second-order valence-electron chi connectivity index (χ2n) is 5.31. The first-order chi connectivity index (χ1) is 11.1. The molecule has 2 aromatic heterocycles. The summed E-state index contributed by atoms with van der Waals surface area (Å²) < 4.78 is 0. The van der Waals surface area contributed by atoms with Crippen LogP contribution in [0.2, 0.25) is 0 Å². The molecule has 0 atom stereocenters. The van der Waals surface area contributed by atoms with E-state index < -0.39 is 0 Å². The number of benzene rings is 1. The van der Waals surface area contributed by atoms with Gasteiger partial charge in [-0.15, -0.1) is 0 Å². The van der Waals surface area contributed by atoms with Gasteiger partial charge < -0.3 is 15.6 Å². The van der Waals surface area contributed by atoms with Crippen LogP contribution in [0.3, 0.4) is 0 Å². The van der Waals surface area contributed by atoms with Crippen molar-refractivity contribution in [3.05, 3.63) is 47.5 Å². The zero-order valence-corrected chi connectivity index (χ0v) is 13.1. The molecule has 0 radical (unpaired) electrons. The van der Waals surface area contributed by atoms with Gasteiger partial charge in [-0.3, -0.25) is 4.79 Å². The second kappa shape index (κ2) is 6.43. The maximum atomic E-state index is 11.9. The SMILES string of the molecule is Cc1cc(C)nc(NCC(=O)NCc2nc3ccccc3[nH]2)n1. The van der Waals surface area contributed by atoms with Gasteiger partial charge in [0.15, 0.2) is 0 Å². The molecule has 1 amide bonds. The molecule has 3 aromatic rings. The van der Waals surface area contributed by atoms with Crippen molar-refractivity contribution in [2.24, 2.45) is 0 Å². The monoisotopic (exact) mass is 310 g/mol. The molecule has 0 saturated carbocycles. The zero-order valence-electron chi connectivity index (χ0n) is 13.1. The van der Waals surface area contributed by atoms with E-state index in [-0.39, 0.29) is 12.5 Å². The number of anilines is 1. The number of carbonyl (C=O) groups is 1. The van der Waals surface area contributed by atoms with Gasteiger partial charge in [0.25, 0.3) is 0 Å². The summed E-state index contributed by atoms with van der Waals surface area (Å²) in [5, 5.41) is 5.73. The molecule has 0 fully saturated rings. The fourth-order valence-corrected chi connectivity index (χ4v) is 2.30. The van der Waals surface area contributed by atoms with Gasteiger partial charge >= 0.3 is 0 Å². The summed E-state index contributed by atoms with van der Waals surface area (Å²) in [5.41, 5.74) is 3.57. The van der Waals surface area contributed by atoms with Gasteiger partial charge in [0.1, 0.15) is 5.82 Å². The summed E-state index contributed by atoms with van der Waals surface area (Å²) in [6.45, 7) is 4.25. The normalized spacial score (nSPS) is 10.7. The molecule has 2 heterocycles. The van der Waals surface area contributed by atoms with E-state index in [4.69, 9.17) is 0 Å². The van der Waals surface area contributed by atoms with Crippen LogP contribution in [-0.4, -0.2) is 32.4 Å². The van der Waals surface area contributed by atoms with Crippen LogP contribution in [-0.2, 0) is 11.3 Å². The van der Waals surface area contributed by atoms with E-state index >= 15 is 0 Å². The lowest BCUT2D eigenvalue weighted by atomic mass is 10.3. The molecule has 7 heteroatoms. The predicted molar refractivity (Wildman–Crippen MR) is 87.9 cm³/mol. The number of carbonyl (C=O) groups excluding carboxylic acids is 1. The van der Waals surface area contributed by atoms with Crippen molar-refractivity contribution in [1.82, 2.24) is 25.3 Å². The molecule has 3 N–H and O–H groups in total. The van der Waals surface area contributed by atoms with E-state index in [9.17, 15) is 4.79 Å². The quantitative estimate of drug-likeness (QED) is 0.666. The Labute approximate surface area is 133 Å². The molecule has 0 aliphatic heterocycles. The molecule has 118 valence electrons. The summed E-state index contributed by atoms with van der Waals surface area (Å²) in [6, 6.07) is 9.63. The van der Waals surface area contributed by atoms with Gasteiger partial charge in [-0.2, -0.15) is 0 Å². The summed E-state index contributed by atoms with van der Waals surface area (Å²) in [5.74, 6) is 1.04. The van der Waals surface area contributed by atoms with Crippen molar-refractivity contribution in [3.8, 4) is 0 Å². The van der Waals surface area contributed by atoms with Crippen molar-refractivity contribution < 1.29 is 4.79 Å². The standard InChI is InChI=1S/C16H18N6O/c1-10-7-11(2)20-16(19-10)18-9-15(23)17-8-14-21-12-5-3-4-6-13(12)22-14/h3-7H,8-9H2,1-2H3,(H,17,23)(H,21,22)(H,18,19,20). The Hall–Kier alpha value is -2.96. The van der Waals surface area contributed by atoms with E-state index in [0.717, 1.165) is 28.2 Å². The average Bonchev–Trinajstić information content (AvgIpc) is 2.93. The maximum absolute atomic E-state index is 11.9. The molecule has 0 bridgehead atoms. The highest BCUT2D eigenvalue weighted by Crippen LogP contribution is 2.09. The number of nitrogens with zero attached hydrogens (tertiary/aromatic N) is 3. The molecule has 23 heavy (non-hydrogen) atoms. The van der Waals surface area contributed by atoms with Crippen molar-refractivity contribution in [3.63, 3.8) is 0 Å². The summed E-state index contributed by atoms with van der Waals surface area (Å²) in [4.78, 5) is 27.9. The van der Waals surface area contributed by atoms with Crippen molar-refractivity contribution in [2.45, 2.75) is 20.4 Å². The summed E-state index contributed by atoms with van der Waals surface area (Å²) in [7, 11) is 0. The molecule has 0 aliphatic rings. The van der Waals surface area contributed by atoms with Crippen LogP contribution in [0, 0.1) is 13.8 Å². The van der Waals surface area contributed by atoms with Crippen LogP contribution in [0.4, 0.5) is 5.95 Å². The van der Waals surface area contributed by atoms with E-state index in [2.05, 4.69) is 30.6 Å². The number of nitrogens with one attached hydrogen (secondary N) is 3. The van der Waals surface area contributed by atoms with Gasteiger partial charge in [0.05, 0.1) is 24.1 Å². The molecule has 0 aliphatic carbocycles. The Morgan fingerprint density at radius 1 is 1.13 bits per heavy atom. The van der Waals surface area contributed by atoms with E-state index in [1.165, 1.54) is 0 Å². The van der Waals surface area contributed by atoms with Gasteiger partial charge in [-0.25, -0.2) is 15.0 Å². The number of hydrogen-bond acceptors (Lipinski definition) is 5. The number of para-hydroxylation sites is 2. The first kappa shape index (κ1) is 15.0. The van der Waals surface area contributed by atoms with Gasteiger partial charge in [0, 0.05) is 11.4 Å². The number of hydrogen-bond donors (Lipinski definition) is 3. The van der Waals surface area contributed by atoms with Crippen molar-refractivity contribution >= 4 is 22.9 Å². The molecule has 3 rings (SSSR count). The minimum atomic E-state index is -0.145. The third kappa shape index (κ3) is 3.82. The molecule has 7 nitrogen and oxygen atoms in total. The molecule has 1 aromatic carbocycles. The van der Waals surface area contributed by atoms with Crippen molar-refractivity contribution in [1.29, 1.82) is 0 Å². The molecular formula is C16H18N6O. The first-order valence-electron chi connectivity index (χ1n) is 7.36. The molecule has 0 saturated heterocycles. The van der Waals surface area contributed by atoms with Gasteiger partial charge in [0.2, 0.25) is 11.9 Å². The topological polar surface area (TPSA) is 95.6 Å². The van der Waals surface area contributed by atoms with E-state index in [1.807, 2.05) is 44.2 Å². The lowest BCUT2D eigenvalue weighted by Gasteiger charge is -2.07. The minimum Gasteiger partial charge on any atom is -0.347 e. The van der Waals surface area contributed by atoms with Crippen LogP contribution >= 0.6 is 0 Å². The number of H-pyrrole nitrogens is 1. The second-order valence-corrected chi connectivity index (χ2v) is 5.31. The third-order valence-corrected chi connectivity index (χ3v) is 3.28. The maximum Gasteiger partial charge on any atom is 0.239 e. The lowest BCUT2D eigenvalue weighted by molar-refractivity contribution is -0.119. The van der Waals surface area contributed by atoms with Crippen molar-refractivity contribution in [2.75, 3.05) is 11.9 Å². The minimum absolute atomic E-state index is 0.114. The van der Waals surface area contributed by atoms with Crippen LogP contribution in [0.25, 0.3) is 11.0 Å². The Kier molecular flexibility index (Phi) is 4.18. The fraction of sp³-hybridized carbons (Fsp3) is 0.250. The number of aromatic amines is 1.